The van der Waals surface area contributed by atoms with Crippen molar-refractivity contribution in [3.8, 4) is 5.69 Å². The van der Waals surface area contributed by atoms with Crippen molar-refractivity contribution >= 4 is 56.5 Å². The van der Waals surface area contributed by atoms with E-state index in [0.717, 1.165) is 39.8 Å². The zero-order chi connectivity index (χ0) is 28.8. The molecule has 2 aliphatic heterocycles. The number of aryl methyl sites for hydroxylation is 1. The Morgan fingerprint density at radius 3 is 2.48 bits per heavy atom. The minimum atomic E-state index is -0.365. The van der Waals surface area contributed by atoms with Gasteiger partial charge in [0.25, 0.3) is 0 Å². The number of esters is 1. The molecular formula is C32H25BrN6O3. The van der Waals surface area contributed by atoms with Crippen LogP contribution in [-0.2, 0) is 4.74 Å². The van der Waals surface area contributed by atoms with Crippen LogP contribution >= 0.6 is 15.9 Å². The second kappa shape index (κ2) is 10.5. The molecule has 0 radical (unpaired) electrons. The predicted molar refractivity (Wildman–Crippen MR) is 166 cm³/mol. The fraction of sp³-hybridized carbons (Fsp3) is 0.125. The molecule has 10 heteroatoms. The zero-order valence-electron chi connectivity index (χ0n) is 22.8. The van der Waals surface area contributed by atoms with Crippen LogP contribution < -0.4 is 10.2 Å². The summed E-state index contributed by atoms with van der Waals surface area (Å²) in [5.74, 6) is 2.25. The van der Waals surface area contributed by atoms with Gasteiger partial charge in [0.15, 0.2) is 22.2 Å². The number of carbonyl (C=O) groups excluding carboxylic acids is 1. The maximum atomic E-state index is 12.2. The fourth-order valence-corrected chi connectivity index (χ4v) is 5.65. The van der Waals surface area contributed by atoms with Crippen LogP contribution in [0.25, 0.3) is 5.69 Å². The number of benzene rings is 3. The number of furan rings is 1. The standard InChI is InChI=1S/C32H25BrN6O3/c1-3-41-32(40)20-13-15-21(16-14-20)34-29-31-36-30-27(19(2)37-39(30)22-9-5-4-6-10-22)28(25-17-18-26(33)42-25)38(31)24-12-8-7-11-23(24)35-29/h4-18,28H,3H2,1-2H3,(H,34,35)/t28-/m0/s1. The molecule has 0 bridgehead atoms. The Morgan fingerprint density at radius 1 is 0.976 bits per heavy atom. The van der Waals surface area contributed by atoms with Gasteiger partial charge in [-0.2, -0.15) is 5.10 Å². The zero-order valence-corrected chi connectivity index (χ0v) is 24.4. The Bertz CT molecular complexity index is 1870. The van der Waals surface area contributed by atoms with Crippen molar-refractivity contribution in [3.05, 3.63) is 118 Å². The van der Waals surface area contributed by atoms with Crippen molar-refractivity contribution in [2.75, 3.05) is 16.8 Å². The van der Waals surface area contributed by atoms with Gasteiger partial charge < -0.3 is 19.4 Å². The number of nitrogens with zero attached hydrogens (tertiary/aromatic N) is 5. The molecule has 5 aromatic rings. The number of nitrogens with one attached hydrogen (secondary N) is 1. The summed E-state index contributed by atoms with van der Waals surface area (Å²) in [6.07, 6.45) is 0. The quantitative estimate of drug-likeness (QED) is 0.204. The molecule has 9 nitrogen and oxygen atoms in total. The Hall–Kier alpha value is -4.96. The summed E-state index contributed by atoms with van der Waals surface area (Å²) in [6, 6.07) is 28.5. The number of ether oxygens (including phenoxy) is 1. The van der Waals surface area contributed by atoms with Crippen LogP contribution in [0.3, 0.4) is 0 Å². The molecule has 0 saturated carbocycles. The van der Waals surface area contributed by atoms with Crippen LogP contribution in [0.5, 0.6) is 0 Å². The topological polar surface area (TPSA) is 97.2 Å². The summed E-state index contributed by atoms with van der Waals surface area (Å²) in [7, 11) is 0. The van der Waals surface area contributed by atoms with Crippen molar-refractivity contribution in [1.29, 1.82) is 0 Å². The van der Waals surface area contributed by atoms with Crippen molar-refractivity contribution in [2.24, 2.45) is 9.98 Å². The summed E-state index contributed by atoms with van der Waals surface area (Å²) in [4.78, 5) is 24.6. The van der Waals surface area contributed by atoms with E-state index < -0.39 is 0 Å². The number of hydrogen-bond donors (Lipinski definition) is 1. The predicted octanol–water partition coefficient (Wildman–Crippen LogP) is 7.51. The van der Waals surface area contributed by atoms with E-state index in [4.69, 9.17) is 24.2 Å². The third kappa shape index (κ3) is 4.40. The van der Waals surface area contributed by atoms with Gasteiger partial charge in [-0.1, -0.05) is 30.3 Å². The van der Waals surface area contributed by atoms with Crippen molar-refractivity contribution in [3.63, 3.8) is 0 Å². The number of hydrogen-bond acceptors (Lipinski definition) is 8. The van der Waals surface area contributed by atoms with E-state index in [1.807, 2.05) is 90.5 Å². The Balaban J connectivity index is 1.41. The molecule has 0 amide bonds. The maximum absolute atomic E-state index is 12.2. The average molecular weight is 621 g/mol. The fourth-order valence-electron chi connectivity index (χ4n) is 5.33. The van der Waals surface area contributed by atoms with Gasteiger partial charge in [0.1, 0.15) is 11.8 Å². The lowest BCUT2D eigenvalue weighted by atomic mass is 9.98. The van der Waals surface area contributed by atoms with Gasteiger partial charge >= 0.3 is 5.97 Å². The molecule has 1 atom stereocenters. The molecule has 3 aromatic carbocycles. The lowest BCUT2D eigenvalue weighted by molar-refractivity contribution is 0.0526. The highest BCUT2D eigenvalue weighted by molar-refractivity contribution is 9.10. The number of aromatic nitrogens is 2. The summed E-state index contributed by atoms with van der Waals surface area (Å²) in [5, 5.41) is 8.38. The highest BCUT2D eigenvalue weighted by Gasteiger charge is 2.42. The number of para-hydroxylation sites is 3. The molecule has 4 heterocycles. The van der Waals surface area contributed by atoms with Gasteiger partial charge in [-0.25, -0.2) is 19.5 Å². The number of fused-ring (bicyclic) bond motifs is 4. The monoisotopic (exact) mass is 620 g/mol. The van der Waals surface area contributed by atoms with Crippen LogP contribution in [-0.4, -0.2) is 34.0 Å². The number of anilines is 2. The molecule has 0 saturated heterocycles. The second-order valence-corrected chi connectivity index (χ2v) is 10.6. The number of rotatable bonds is 5. The molecule has 1 N–H and O–H groups in total. The lowest BCUT2D eigenvalue weighted by Gasteiger charge is -2.39. The average Bonchev–Trinajstić information content (AvgIpc) is 3.59. The highest BCUT2D eigenvalue weighted by Crippen LogP contribution is 2.48. The van der Waals surface area contributed by atoms with Crippen molar-refractivity contribution in [2.45, 2.75) is 19.9 Å². The van der Waals surface area contributed by atoms with Gasteiger partial charge in [0, 0.05) is 5.69 Å². The first-order valence-electron chi connectivity index (χ1n) is 13.5. The first kappa shape index (κ1) is 26.0. The van der Waals surface area contributed by atoms with Crippen molar-refractivity contribution in [1.82, 2.24) is 9.78 Å². The minimum Gasteiger partial charge on any atom is -0.462 e. The first-order valence-corrected chi connectivity index (χ1v) is 14.3. The van der Waals surface area contributed by atoms with Crippen LogP contribution in [0.4, 0.5) is 22.9 Å². The van der Waals surface area contributed by atoms with Crippen molar-refractivity contribution < 1.29 is 13.9 Å². The molecule has 2 aliphatic rings. The normalized spacial score (nSPS) is 15.2. The number of halogens is 1. The van der Waals surface area contributed by atoms with Crippen LogP contribution in [0.1, 0.15) is 40.3 Å². The van der Waals surface area contributed by atoms with Gasteiger partial charge in [-0.3, -0.25) is 0 Å². The van der Waals surface area contributed by atoms with Gasteiger partial charge in [0.2, 0.25) is 0 Å². The maximum Gasteiger partial charge on any atom is 0.338 e. The highest BCUT2D eigenvalue weighted by atomic mass is 79.9. The largest absolute Gasteiger partial charge is 0.462 e. The van der Waals surface area contributed by atoms with E-state index >= 15 is 0 Å². The van der Waals surface area contributed by atoms with Crippen LogP contribution in [0.15, 0.2) is 110 Å². The van der Waals surface area contributed by atoms with Crippen LogP contribution in [0, 0.1) is 6.92 Å². The van der Waals surface area contributed by atoms with E-state index in [1.54, 1.807) is 19.1 Å². The minimum absolute atomic E-state index is 0.319. The molecule has 0 unspecified atom stereocenters. The van der Waals surface area contributed by atoms with E-state index in [1.165, 1.54) is 0 Å². The molecule has 0 aliphatic carbocycles. The molecular weight excluding hydrogens is 596 g/mol. The second-order valence-electron chi connectivity index (χ2n) is 9.79. The molecule has 2 aromatic heterocycles. The lowest BCUT2D eigenvalue weighted by Crippen LogP contribution is -2.46. The van der Waals surface area contributed by atoms with E-state index in [-0.39, 0.29) is 12.0 Å². The summed E-state index contributed by atoms with van der Waals surface area (Å²) in [6.45, 7) is 4.10. The molecule has 0 fully saturated rings. The Labute approximate surface area is 250 Å². The third-order valence-electron chi connectivity index (χ3n) is 7.16. The van der Waals surface area contributed by atoms with Gasteiger partial charge in [-0.15, -0.1) is 0 Å². The molecule has 42 heavy (non-hydrogen) atoms. The first-order chi connectivity index (χ1) is 20.5. The number of carbonyl (C=O) groups is 1. The summed E-state index contributed by atoms with van der Waals surface area (Å²) >= 11 is 3.50. The number of amidine groups is 2. The summed E-state index contributed by atoms with van der Waals surface area (Å²) in [5.41, 5.74) is 5.60. The van der Waals surface area contributed by atoms with E-state index in [9.17, 15) is 4.79 Å². The van der Waals surface area contributed by atoms with Gasteiger partial charge in [0.05, 0.1) is 40.5 Å². The molecule has 7 rings (SSSR count). The Kier molecular flexibility index (Phi) is 6.47. The Morgan fingerprint density at radius 2 is 1.74 bits per heavy atom. The van der Waals surface area contributed by atoms with Crippen LogP contribution in [0.2, 0.25) is 0 Å². The molecule has 208 valence electrons. The smallest absolute Gasteiger partial charge is 0.338 e. The van der Waals surface area contributed by atoms with Gasteiger partial charge in [-0.05, 0) is 90.4 Å². The summed E-state index contributed by atoms with van der Waals surface area (Å²) < 4.78 is 13.8. The third-order valence-corrected chi connectivity index (χ3v) is 7.59. The van der Waals surface area contributed by atoms with E-state index in [0.29, 0.717) is 34.3 Å². The SMILES string of the molecule is CCOC(=O)c1ccc(NC2=Nc3ccccc3N3C2=Nc2c(c(C)nn2-c2ccccc2)[C@@H]3c2ccc(Br)o2)cc1. The number of aliphatic imine (C=N–C) groups is 2. The molecule has 0 spiro atoms. The van der Waals surface area contributed by atoms with E-state index in [2.05, 4.69) is 26.1 Å².